The van der Waals surface area contributed by atoms with Gasteiger partial charge in [-0.1, -0.05) is 35.9 Å². The van der Waals surface area contributed by atoms with E-state index in [9.17, 15) is 13.2 Å². The molecule has 1 aliphatic rings. The minimum atomic E-state index is -4.73. The molecule has 1 heterocycles. The lowest BCUT2D eigenvalue weighted by atomic mass is 9.99. The van der Waals surface area contributed by atoms with E-state index in [4.69, 9.17) is 11.6 Å². The van der Waals surface area contributed by atoms with Crippen molar-refractivity contribution in [3.8, 4) is 5.75 Å². The van der Waals surface area contributed by atoms with Crippen LogP contribution in [0.1, 0.15) is 29.7 Å². The molecule has 0 fully saturated rings. The molecule has 1 unspecified atom stereocenters. The van der Waals surface area contributed by atoms with Gasteiger partial charge in [0.1, 0.15) is 5.75 Å². The quantitative estimate of drug-likeness (QED) is 0.769. The number of hydrogen-bond acceptors (Lipinski definition) is 3. The first-order chi connectivity index (χ1) is 12.3. The van der Waals surface area contributed by atoms with Crippen molar-refractivity contribution in [2.24, 2.45) is 0 Å². The highest BCUT2D eigenvalue weighted by Crippen LogP contribution is 2.36. The van der Waals surface area contributed by atoms with E-state index in [1.807, 2.05) is 12.1 Å². The summed E-state index contributed by atoms with van der Waals surface area (Å²) < 4.78 is 42.2. The minimum absolute atomic E-state index is 0.209. The molecule has 0 radical (unpaired) electrons. The van der Waals surface area contributed by atoms with Crippen molar-refractivity contribution in [2.75, 3.05) is 18.4 Å². The van der Waals surface area contributed by atoms with E-state index >= 15 is 0 Å². The Morgan fingerprint density at radius 2 is 1.85 bits per heavy atom. The van der Waals surface area contributed by atoms with Gasteiger partial charge in [0.15, 0.2) is 0 Å². The number of fused-ring (bicyclic) bond motifs is 1. The van der Waals surface area contributed by atoms with Crippen LogP contribution in [-0.2, 0) is 12.8 Å². The Morgan fingerprint density at radius 1 is 1.12 bits per heavy atom. The molecule has 26 heavy (non-hydrogen) atoms. The van der Waals surface area contributed by atoms with E-state index < -0.39 is 12.4 Å². The second-order valence-corrected chi connectivity index (χ2v) is 6.67. The molecule has 0 saturated carbocycles. The molecule has 140 valence electrons. The van der Waals surface area contributed by atoms with Gasteiger partial charge in [-0.05, 0) is 56.1 Å². The number of alkyl halides is 3. The van der Waals surface area contributed by atoms with Crippen molar-refractivity contribution in [1.29, 1.82) is 0 Å². The Kier molecular flexibility index (Phi) is 5.63. The van der Waals surface area contributed by atoms with Crippen molar-refractivity contribution in [3.63, 3.8) is 0 Å². The standard InChI is InChI=1S/C19H20ClF3N2O/c1-12(14-4-2-3-5-17(14)26-19(21,22)23)25-18-15-9-11-24-10-8-13(15)6-7-16(18)20/h2-7,12,24-25H,8-11H2,1H3. The average Bonchev–Trinajstić information content (AvgIpc) is 2.82. The Labute approximate surface area is 155 Å². The van der Waals surface area contributed by atoms with Gasteiger partial charge in [0.05, 0.1) is 16.8 Å². The van der Waals surface area contributed by atoms with Crippen molar-refractivity contribution in [2.45, 2.75) is 32.2 Å². The minimum Gasteiger partial charge on any atom is -0.405 e. The van der Waals surface area contributed by atoms with Crippen LogP contribution in [0.5, 0.6) is 5.75 Å². The summed E-state index contributed by atoms with van der Waals surface area (Å²) in [6, 6.07) is 9.58. The Hall–Kier alpha value is -1.92. The smallest absolute Gasteiger partial charge is 0.405 e. The van der Waals surface area contributed by atoms with E-state index in [-0.39, 0.29) is 5.75 Å². The van der Waals surface area contributed by atoms with Crippen molar-refractivity contribution in [3.05, 3.63) is 58.1 Å². The van der Waals surface area contributed by atoms with E-state index in [1.165, 1.54) is 17.7 Å². The monoisotopic (exact) mass is 384 g/mol. The van der Waals surface area contributed by atoms with Crippen molar-refractivity contribution >= 4 is 17.3 Å². The van der Waals surface area contributed by atoms with E-state index in [0.29, 0.717) is 10.6 Å². The maximum absolute atomic E-state index is 12.7. The van der Waals surface area contributed by atoms with Gasteiger partial charge in [0.25, 0.3) is 0 Å². The van der Waals surface area contributed by atoms with Crippen molar-refractivity contribution in [1.82, 2.24) is 5.32 Å². The fourth-order valence-electron chi connectivity index (χ4n) is 3.25. The van der Waals surface area contributed by atoms with Gasteiger partial charge in [-0.25, -0.2) is 0 Å². The van der Waals surface area contributed by atoms with Crippen LogP contribution < -0.4 is 15.4 Å². The molecule has 0 aliphatic carbocycles. The molecular formula is C19H20ClF3N2O. The maximum Gasteiger partial charge on any atom is 0.573 e. The molecule has 0 amide bonds. The second-order valence-electron chi connectivity index (χ2n) is 6.26. The van der Waals surface area contributed by atoms with Gasteiger partial charge >= 0.3 is 6.36 Å². The second kappa shape index (κ2) is 7.76. The summed E-state index contributed by atoms with van der Waals surface area (Å²) in [5.74, 6) is -0.209. The number of benzene rings is 2. The zero-order chi connectivity index (χ0) is 18.7. The first kappa shape index (κ1) is 18.9. The zero-order valence-electron chi connectivity index (χ0n) is 14.3. The molecule has 2 aromatic carbocycles. The Morgan fingerprint density at radius 3 is 2.62 bits per heavy atom. The summed E-state index contributed by atoms with van der Waals surface area (Å²) >= 11 is 6.40. The van der Waals surface area contributed by atoms with Crippen LogP contribution in [0.2, 0.25) is 5.02 Å². The van der Waals surface area contributed by atoms with Crippen LogP contribution in [0.15, 0.2) is 36.4 Å². The molecule has 0 saturated heterocycles. The van der Waals surface area contributed by atoms with Gasteiger partial charge in [-0.2, -0.15) is 0 Å². The normalized spacial score (nSPS) is 15.7. The molecule has 0 bridgehead atoms. The molecule has 7 heteroatoms. The number of para-hydroxylation sites is 1. The van der Waals surface area contributed by atoms with Crippen LogP contribution >= 0.6 is 11.6 Å². The number of ether oxygens (including phenoxy) is 1. The lowest BCUT2D eigenvalue weighted by Crippen LogP contribution is -2.20. The highest BCUT2D eigenvalue weighted by molar-refractivity contribution is 6.33. The highest BCUT2D eigenvalue weighted by Gasteiger charge is 2.32. The molecule has 0 aromatic heterocycles. The van der Waals surface area contributed by atoms with Crippen LogP contribution in [0.25, 0.3) is 0 Å². The summed E-state index contributed by atoms with van der Waals surface area (Å²) in [6.07, 6.45) is -3.03. The number of rotatable bonds is 4. The molecule has 1 aliphatic heterocycles. The Bertz CT molecular complexity index is 780. The van der Waals surface area contributed by atoms with Gasteiger partial charge in [0, 0.05) is 5.56 Å². The van der Waals surface area contributed by atoms with E-state index in [0.717, 1.165) is 37.2 Å². The molecule has 2 aromatic rings. The summed E-state index contributed by atoms with van der Waals surface area (Å²) in [4.78, 5) is 0. The lowest BCUT2D eigenvalue weighted by molar-refractivity contribution is -0.274. The third-order valence-electron chi connectivity index (χ3n) is 4.45. The lowest BCUT2D eigenvalue weighted by Gasteiger charge is -2.23. The van der Waals surface area contributed by atoms with Crippen LogP contribution in [0, 0.1) is 0 Å². The first-order valence-electron chi connectivity index (χ1n) is 8.47. The molecule has 0 spiro atoms. The van der Waals surface area contributed by atoms with E-state index in [1.54, 1.807) is 19.1 Å². The maximum atomic E-state index is 12.7. The molecule has 2 N–H and O–H groups in total. The third kappa shape index (κ3) is 4.43. The molecule has 3 rings (SSSR count). The van der Waals surface area contributed by atoms with Crippen LogP contribution in [0.4, 0.5) is 18.9 Å². The Balaban J connectivity index is 1.91. The predicted molar refractivity (Wildman–Crippen MR) is 96.9 cm³/mol. The summed E-state index contributed by atoms with van der Waals surface area (Å²) in [6.45, 7) is 3.53. The summed E-state index contributed by atoms with van der Waals surface area (Å²) in [5.41, 5.74) is 3.52. The largest absolute Gasteiger partial charge is 0.573 e. The zero-order valence-corrected chi connectivity index (χ0v) is 15.0. The van der Waals surface area contributed by atoms with Gasteiger partial charge in [0.2, 0.25) is 0 Å². The van der Waals surface area contributed by atoms with Gasteiger partial charge in [-0.15, -0.1) is 13.2 Å². The topological polar surface area (TPSA) is 33.3 Å². The number of hydrogen-bond donors (Lipinski definition) is 2. The third-order valence-corrected chi connectivity index (χ3v) is 4.77. The summed E-state index contributed by atoms with van der Waals surface area (Å²) in [7, 11) is 0. The van der Waals surface area contributed by atoms with Crippen LogP contribution in [-0.4, -0.2) is 19.5 Å². The molecular weight excluding hydrogens is 365 g/mol. The fraction of sp³-hybridized carbons (Fsp3) is 0.368. The number of halogens is 4. The highest BCUT2D eigenvalue weighted by atomic mass is 35.5. The fourth-order valence-corrected chi connectivity index (χ4v) is 3.48. The molecule has 3 nitrogen and oxygen atoms in total. The van der Waals surface area contributed by atoms with Gasteiger partial charge < -0.3 is 15.4 Å². The van der Waals surface area contributed by atoms with Gasteiger partial charge in [-0.3, -0.25) is 0 Å². The number of nitrogens with one attached hydrogen (secondary N) is 2. The average molecular weight is 385 g/mol. The van der Waals surface area contributed by atoms with Crippen LogP contribution in [0.3, 0.4) is 0 Å². The van der Waals surface area contributed by atoms with E-state index in [2.05, 4.69) is 15.4 Å². The predicted octanol–water partition coefficient (Wildman–Crippen LogP) is 5.10. The molecule has 1 atom stereocenters. The first-order valence-corrected chi connectivity index (χ1v) is 8.85. The summed E-state index contributed by atoms with van der Waals surface area (Å²) in [5, 5.41) is 7.21. The number of anilines is 1. The van der Waals surface area contributed by atoms with Crippen molar-refractivity contribution < 1.29 is 17.9 Å². The SMILES string of the molecule is CC(Nc1c(Cl)ccc2c1CCNCC2)c1ccccc1OC(F)(F)F.